The largest absolute Gasteiger partial charge is 0.386 e. The highest BCUT2D eigenvalue weighted by Gasteiger charge is 2.26. The van der Waals surface area contributed by atoms with E-state index in [1.54, 1.807) is 13.8 Å². The van der Waals surface area contributed by atoms with E-state index in [1.807, 2.05) is 36.7 Å². The number of hydrogen-bond acceptors (Lipinski definition) is 4. The number of aromatic nitrogens is 4. The van der Waals surface area contributed by atoms with Crippen LogP contribution in [0.2, 0.25) is 0 Å². The Labute approximate surface area is 177 Å². The standard InChI is InChI=1S/C22H23BrN4O2/c1-22(2,28)15-5-3-13(4-6-15)18-17-12-25-20-19(16(23)11-24-20)27(17)21(26-18)14-7-9-29-10-8-14/h3-6,11-12,14,24,28H,7-10H2,1-2H3. The molecule has 6 nitrogen and oxygen atoms in total. The number of imidazole rings is 1. The van der Waals surface area contributed by atoms with Gasteiger partial charge in [0.05, 0.1) is 27.5 Å². The van der Waals surface area contributed by atoms with Gasteiger partial charge in [0, 0.05) is 30.9 Å². The Hall–Kier alpha value is -2.22. The zero-order valence-electron chi connectivity index (χ0n) is 16.4. The molecule has 0 amide bonds. The van der Waals surface area contributed by atoms with E-state index < -0.39 is 5.60 Å². The maximum absolute atomic E-state index is 10.3. The number of aromatic amines is 1. The molecule has 0 radical (unpaired) electrons. The average Bonchev–Trinajstić information content (AvgIpc) is 3.29. The summed E-state index contributed by atoms with van der Waals surface area (Å²) in [5.41, 5.74) is 4.76. The van der Waals surface area contributed by atoms with E-state index in [9.17, 15) is 5.11 Å². The highest BCUT2D eigenvalue weighted by atomic mass is 79.9. The Morgan fingerprint density at radius 3 is 2.62 bits per heavy atom. The van der Waals surface area contributed by atoms with Gasteiger partial charge in [0.1, 0.15) is 11.3 Å². The first-order valence-corrected chi connectivity index (χ1v) is 10.7. The predicted octanol–water partition coefficient (Wildman–Crippen LogP) is 4.76. The zero-order valence-corrected chi connectivity index (χ0v) is 18.0. The van der Waals surface area contributed by atoms with E-state index in [4.69, 9.17) is 9.72 Å². The third kappa shape index (κ3) is 3.17. The SMILES string of the molecule is CC(C)(O)c1ccc(-c2nc(C3CCOCC3)n3c2cnc2[nH]cc(Br)c23)cc1. The zero-order chi connectivity index (χ0) is 20.2. The average molecular weight is 455 g/mol. The van der Waals surface area contributed by atoms with Crippen LogP contribution < -0.4 is 0 Å². The summed E-state index contributed by atoms with van der Waals surface area (Å²) >= 11 is 3.67. The number of rotatable bonds is 3. The molecular formula is C22H23BrN4O2. The monoisotopic (exact) mass is 454 g/mol. The number of halogens is 1. The van der Waals surface area contributed by atoms with Gasteiger partial charge in [-0.15, -0.1) is 0 Å². The lowest BCUT2D eigenvalue weighted by Gasteiger charge is -2.21. The summed E-state index contributed by atoms with van der Waals surface area (Å²) in [6, 6.07) is 7.99. The van der Waals surface area contributed by atoms with Crippen molar-refractivity contribution in [2.24, 2.45) is 0 Å². The quantitative estimate of drug-likeness (QED) is 0.467. The van der Waals surface area contributed by atoms with E-state index >= 15 is 0 Å². The van der Waals surface area contributed by atoms with Crippen molar-refractivity contribution in [3.8, 4) is 11.3 Å². The summed E-state index contributed by atoms with van der Waals surface area (Å²) in [5, 5.41) is 10.3. The maximum Gasteiger partial charge on any atom is 0.155 e. The van der Waals surface area contributed by atoms with E-state index in [-0.39, 0.29) is 0 Å². The van der Waals surface area contributed by atoms with Crippen molar-refractivity contribution in [3.63, 3.8) is 0 Å². The minimum atomic E-state index is -0.869. The first-order valence-electron chi connectivity index (χ1n) is 9.88. The second-order valence-corrected chi connectivity index (χ2v) is 9.01. The second kappa shape index (κ2) is 6.93. The van der Waals surface area contributed by atoms with Crippen molar-refractivity contribution in [3.05, 3.63) is 52.5 Å². The highest BCUT2D eigenvalue weighted by molar-refractivity contribution is 9.10. The lowest BCUT2D eigenvalue weighted by atomic mass is 9.96. The minimum absolute atomic E-state index is 0.341. The Balaban J connectivity index is 1.74. The lowest BCUT2D eigenvalue weighted by Crippen LogP contribution is -2.16. The Kier molecular flexibility index (Phi) is 4.49. The van der Waals surface area contributed by atoms with Crippen molar-refractivity contribution < 1.29 is 9.84 Å². The topological polar surface area (TPSA) is 75.4 Å². The fourth-order valence-electron chi connectivity index (χ4n) is 4.10. The summed E-state index contributed by atoms with van der Waals surface area (Å²) in [5.74, 6) is 1.39. The molecule has 4 heterocycles. The fraction of sp³-hybridized carbons (Fsp3) is 0.364. The fourth-order valence-corrected chi connectivity index (χ4v) is 4.58. The molecule has 0 atom stereocenters. The van der Waals surface area contributed by atoms with Crippen LogP contribution in [-0.4, -0.2) is 37.7 Å². The number of nitrogens with zero attached hydrogens (tertiary/aromatic N) is 3. The number of aliphatic hydroxyl groups is 1. The molecule has 2 N–H and O–H groups in total. The smallest absolute Gasteiger partial charge is 0.155 e. The third-order valence-electron chi connectivity index (χ3n) is 5.72. The molecule has 0 aliphatic carbocycles. The first-order chi connectivity index (χ1) is 13.9. The molecule has 0 unspecified atom stereocenters. The third-order valence-corrected chi connectivity index (χ3v) is 6.32. The number of ether oxygens (including phenoxy) is 1. The minimum Gasteiger partial charge on any atom is -0.386 e. The van der Waals surface area contributed by atoms with Crippen LogP contribution >= 0.6 is 15.9 Å². The number of hydrogen-bond donors (Lipinski definition) is 2. The van der Waals surface area contributed by atoms with E-state index in [1.165, 1.54) is 0 Å². The van der Waals surface area contributed by atoms with Crippen molar-refractivity contribution in [2.75, 3.05) is 13.2 Å². The van der Waals surface area contributed by atoms with Gasteiger partial charge >= 0.3 is 0 Å². The van der Waals surface area contributed by atoms with Gasteiger partial charge in [0.25, 0.3) is 0 Å². The van der Waals surface area contributed by atoms with Crippen LogP contribution in [0.4, 0.5) is 0 Å². The van der Waals surface area contributed by atoms with Crippen molar-refractivity contribution in [1.29, 1.82) is 0 Å². The Morgan fingerprint density at radius 1 is 1.21 bits per heavy atom. The van der Waals surface area contributed by atoms with Gasteiger partial charge in [-0.2, -0.15) is 0 Å². The van der Waals surface area contributed by atoms with Gasteiger partial charge in [0.15, 0.2) is 5.65 Å². The molecule has 1 aliphatic rings. The van der Waals surface area contributed by atoms with Gasteiger partial charge in [-0.3, -0.25) is 4.40 Å². The van der Waals surface area contributed by atoms with Crippen molar-refractivity contribution in [2.45, 2.75) is 38.2 Å². The van der Waals surface area contributed by atoms with Gasteiger partial charge in [-0.25, -0.2) is 9.97 Å². The van der Waals surface area contributed by atoms with E-state index in [0.29, 0.717) is 5.92 Å². The molecule has 0 saturated carbocycles. The molecule has 0 spiro atoms. The molecule has 1 aliphatic heterocycles. The van der Waals surface area contributed by atoms with E-state index in [2.05, 4.69) is 30.3 Å². The molecule has 0 bridgehead atoms. The molecule has 1 aromatic carbocycles. The van der Waals surface area contributed by atoms with Crippen LogP contribution in [0.1, 0.15) is 44.0 Å². The molecule has 4 aromatic rings. The molecule has 5 rings (SSSR count). The molecule has 150 valence electrons. The lowest BCUT2D eigenvalue weighted by molar-refractivity contribution is 0.0786. The summed E-state index contributed by atoms with van der Waals surface area (Å²) < 4.78 is 8.78. The highest BCUT2D eigenvalue weighted by Crippen LogP contribution is 2.36. The molecule has 7 heteroatoms. The molecule has 1 fully saturated rings. The second-order valence-electron chi connectivity index (χ2n) is 8.15. The van der Waals surface area contributed by atoms with Crippen LogP contribution in [0.25, 0.3) is 27.9 Å². The van der Waals surface area contributed by atoms with Gasteiger partial charge in [-0.1, -0.05) is 24.3 Å². The van der Waals surface area contributed by atoms with Crippen LogP contribution in [0, 0.1) is 0 Å². The Bertz CT molecular complexity index is 1180. The summed E-state index contributed by atoms with van der Waals surface area (Å²) in [7, 11) is 0. The number of fused-ring (bicyclic) bond motifs is 3. The first kappa shape index (κ1) is 18.8. The van der Waals surface area contributed by atoms with Crippen LogP contribution in [0.3, 0.4) is 0 Å². The maximum atomic E-state index is 10.3. The predicted molar refractivity (Wildman–Crippen MR) is 116 cm³/mol. The van der Waals surface area contributed by atoms with Gasteiger partial charge in [-0.05, 0) is 48.2 Å². The number of benzene rings is 1. The molecular weight excluding hydrogens is 432 g/mol. The molecule has 3 aromatic heterocycles. The van der Waals surface area contributed by atoms with Gasteiger partial charge in [0.2, 0.25) is 0 Å². The number of nitrogens with one attached hydrogen (secondary N) is 1. The normalized spacial score (nSPS) is 16.1. The van der Waals surface area contributed by atoms with Crippen molar-refractivity contribution in [1.82, 2.24) is 19.4 Å². The van der Waals surface area contributed by atoms with Crippen molar-refractivity contribution >= 4 is 32.6 Å². The number of H-pyrrole nitrogens is 1. The molecule has 1 saturated heterocycles. The summed E-state index contributed by atoms with van der Waals surface area (Å²) in [6.07, 6.45) is 5.73. The summed E-state index contributed by atoms with van der Waals surface area (Å²) in [4.78, 5) is 13.0. The van der Waals surface area contributed by atoms with Crippen LogP contribution in [0.15, 0.2) is 41.1 Å². The molecule has 29 heavy (non-hydrogen) atoms. The van der Waals surface area contributed by atoms with Gasteiger partial charge < -0.3 is 14.8 Å². The Morgan fingerprint density at radius 2 is 1.93 bits per heavy atom. The van der Waals surface area contributed by atoms with Crippen LogP contribution in [-0.2, 0) is 10.3 Å². The van der Waals surface area contributed by atoms with Crippen LogP contribution in [0.5, 0.6) is 0 Å². The van der Waals surface area contributed by atoms with E-state index in [0.717, 1.165) is 69.9 Å². The summed E-state index contributed by atoms with van der Waals surface area (Å²) in [6.45, 7) is 5.11.